The summed E-state index contributed by atoms with van der Waals surface area (Å²) in [5.41, 5.74) is 6.30. The number of anilines is 1. The number of esters is 1. The minimum atomic E-state index is -0.720. The monoisotopic (exact) mass is 370 g/mol. The smallest absolute Gasteiger partial charge is 0.358 e. The molecule has 0 radical (unpaired) electrons. The molecule has 0 unspecified atom stereocenters. The first-order chi connectivity index (χ1) is 11.0. The fourth-order valence-electron chi connectivity index (χ4n) is 2.12. The summed E-state index contributed by atoms with van der Waals surface area (Å²) in [5.74, 6) is -0.513. The van der Waals surface area contributed by atoms with E-state index in [1.165, 1.54) is 7.11 Å². The maximum absolute atomic E-state index is 11.8. The zero-order valence-electron chi connectivity index (χ0n) is 11.7. The molecular weight excluding hydrogens is 363 g/mol. The first-order valence-electron chi connectivity index (χ1n) is 6.30. The van der Waals surface area contributed by atoms with Gasteiger partial charge in [0.05, 0.1) is 22.8 Å². The number of aromatic nitrogens is 3. The van der Waals surface area contributed by atoms with Crippen molar-refractivity contribution < 1.29 is 9.53 Å². The lowest BCUT2D eigenvalue weighted by Crippen LogP contribution is -2.11. The van der Waals surface area contributed by atoms with Crippen LogP contribution in [0.4, 0.5) is 5.69 Å². The fraction of sp³-hybridized carbons (Fsp3) is 0.0714. The number of rotatable bonds is 2. The van der Waals surface area contributed by atoms with E-state index in [0.29, 0.717) is 16.1 Å². The first kappa shape index (κ1) is 15.9. The highest BCUT2D eigenvalue weighted by Crippen LogP contribution is 2.35. The first-order valence-corrected chi connectivity index (χ1v) is 7.43. The predicted molar refractivity (Wildman–Crippen MR) is 89.6 cm³/mol. The number of carbonyl (C=O) groups excluding carboxylic acids is 1. The predicted octanol–water partition coefficient (Wildman–Crippen LogP) is 3.75. The van der Waals surface area contributed by atoms with Crippen LogP contribution in [0.2, 0.25) is 15.1 Å². The third-order valence-electron chi connectivity index (χ3n) is 3.24. The lowest BCUT2D eigenvalue weighted by molar-refractivity contribution is 0.0594. The standard InChI is InChI=1S/C14H9Cl3N4O2/c1-23-14(22)11-8(16)10(18)9(17)13(20-11)21-5-3-6-7(15)2-4-19-12(6)21/h2-5H,1H3,(H2,18,20). The molecule has 0 saturated heterocycles. The molecule has 0 aliphatic carbocycles. The van der Waals surface area contributed by atoms with Gasteiger partial charge in [0.25, 0.3) is 0 Å². The van der Waals surface area contributed by atoms with Crippen molar-refractivity contribution in [2.75, 3.05) is 12.8 Å². The molecule has 118 valence electrons. The summed E-state index contributed by atoms with van der Waals surface area (Å²) in [6.45, 7) is 0. The zero-order chi connectivity index (χ0) is 16.7. The molecule has 0 amide bonds. The molecular formula is C14H9Cl3N4O2. The Morgan fingerprint density at radius 3 is 2.70 bits per heavy atom. The summed E-state index contributed by atoms with van der Waals surface area (Å²) in [4.78, 5) is 20.3. The van der Waals surface area contributed by atoms with Crippen LogP contribution >= 0.6 is 34.8 Å². The number of hydrogen-bond acceptors (Lipinski definition) is 5. The van der Waals surface area contributed by atoms with Crippen LogP contribution in [-0.2, 0) is 4.74 Å². The van der Waals surface area contributed by atoms with Crippen LogP contribution < -0.4 is 5.73 Å². The van der Waals surface area contributed by atoms with Gasteiger partial charge in [0.1, 0.15) is 10.7 Å². The topological polar surface area (TPSA) is 83.0 Å². The molecule has 0 atom stereocenters. The van der Waals surface area contributed by atoms with E-state index in [1.807, 2.05) is 0 Å². The van der Waals surface area contributed by atoms with Gasteiger partial charge < -0.3 is 10.5 Å². The number of methoxy groups -OCH3 is 1. The van der Waals surface area contributed by atoms with Crippen molar-refractivity contribution in [3.8, 4) is 5.82 Å². The SMILES string of the molecule is COC(=O)c1nc(-n2ccc3c(Cl)ccnc32)c(Cl)c(N)c1Cl. The van der Waals surface area contributed by atoms with Crippen LogP contribution in [0, 0.1) is 0 Å². The van der Waals surface area contributed by atoms with E-state index in [0.717, 1.165) is 0 Å². The number of nitrogen functional groups attached to an aromatic ring is 1. The van der Waals surface area contributed by atoms with E-state index in [9.17, 15) is 4.79 Å². The Morgan fingerprint density at radius 1 is 1.26 bits per heavy atom. The summed E-state index contributed by atoms with van der Waals surface area (Å²) >= 11 is 18.4. The quantitative estimate of drug-likeness (QED) is 0.694. The Morgan fingerprint density at radius 2 is 2.00 bits per heavy atom. The molecule has 2 N–H and O–H groups in total. The molecule has 0 aromatic carbocycles. The van der Waals surface area contributed by atoms with Gasteiger partial charge in [-0.2, -0.15) is 0 Å². The second-order valence-corrected chi connectivity index (χ2v) is 5.70. The van der Waals surface area contributed by atoms with Crippen LogP contribution in [0.3, 0.4) is 0 Å². The third-order valence-corrected chi connectivity index (χ3v) is 4.32. The highest BCUT2D eigenvalue weighted by atomic mass is 35.5. The lowest BCUT2D eigenvalue weighted by Gasteiger charge is -2.12. The van der Waals surface area contributed by atoms with Gasteiger partial charge in [-0.25, -0.2) is 14.8 Å². The highest BCUT2D eigenvalue weighted by molar-refractivity contribution is 6.41. The van der Waals surface area contributed by atoms with E-state index in [-0.39, 0.29) is 27.2 Å². The molecule has 3 aromatic rings. The number of fused-ring (bicyclic) bond motifs is 1. The highest BCUT2D eigenvalue weighted by Gasteiger charge is 2.22. The van der Waals surface area contributed by atoms with Crippen molar-refractivity contribution in [1.29, 1.82) is 0 Å². The Labute approximate surface area is 145 Å². The number of ether oxygens (including phenoxy) is 1. The van der Waals surface area contributed by atoms with Gasteiger partial charge in [0.15, 0.2) is 11.5 Å². The Bertz CT molecular complexity index is 939. The van der Waals surface area contributed by atoms with Crippen molar-refractivity contribution in [3.05, 3.63) is 45.3 Å². The molecule has 3 aromatic heterocycles. The average Bonchev–Trinajstić information content (AvgIpc) is 2.97. The van der Waals surface area contributed by atoms with Gasteiger partial charge in [-0.15, -0.1) is 0 Å². The Balaban J connectivity index is 2.33. The maximum Gasteiger partial charge on any atom is 0.358 e. The summed E-state index contributed by atoms with van der Waals surface area (Å²) in [7, 11) is 1.22. The summed E-state index contributed by atoms with van der Waals surface area (Å²) in [6, 6.07) is 3.42. The van der Waals surface area contributed by atoms with Gasteiger partial charge >= 0.3 is 5.97 Å². The third kappa shape index (κ3) is 2.49. The molecule has 3 heterocycles. The molecule has 0 spiro atoms. The molecule has 0 saturated carbocycles. The lowest BCUT2D eigenvalue weighted by atomic mass is 10.3. The Kier molecular flexibility index (Phi) is 4.06. The zero-order valence-corrected chi connectivity index (χ0v) is 13.9. The van der Waals surface area contributed by atoms with Crippen LogP contribution in [-0.4, -0.2) is 27.6 Å². The van der Waals surface area contributed by atoms with E-state index >= 15 is 0 Å². The second kappa shape index (κ2) is 5.88. The number of nitrogens with two attached hydrogens (primary N) is 1. The van der Waals surface area contributed by atoms with Gasteiger partial charge in [-0.3, -0.25) is 4.57 Å². The second-order valence-electron chi connectivity index (χ2n) is 4.53. The average molecular weight is 372 g/mol. The molecule has 0 bridgehead atoms. The number of halogens is 3. The number of pyridine rings is 2. The minimum absolute atomic E-state index is 0.0302. The summed E-state index contributed by atoms with van der Waals surface area (Å²) < 4.78 is 6.23. The van der Waals surface area contributed by atoms with Gasteiger partial charge in [-0.05, 0) is 12.1 Å². The normalized spacial score (nSPS) is 11.0. The molecule has 23 heavy (non-hydrogen) atoms. The number of hydrogen-bond donors (Lipinski definition) is 1. The van der Waals surface area contributed by atoms with E-state index in [4.69, 9.17) is 40.5 Å². The van der Waals surface area contributed by atoms with Crippen molar-refractivity contribution in [2.24, 2.45) is 0 Å². The van der Waals surface area contributed by atoms with Crippen LogP contribution in [0.25, 0.3) is 16.9 Å². The van der Waals surface area contributed by atoms with E-state index < -0.39 is 5.97 Å². The number of carbonyl (C=O) groups is 1. The van der Waals surface area contributed by atoms with Crippen molar-refractivity contribution >= 4 is 57.5 Å². The van der Waals surface area contributed by atoms with Crippen LogP contribution in [0.5, 0.6) is 0 Å². The van der Waals surface area contributed by atoms with Crippen LogP contribution in [0.1, 0.15) is 10.5 Å². The van der Waals surface area contributed by atoms with Crippen LogP contribution in [0.15, 0.2) is 24.5 Å². The van der Waals surface area contributed by atoms with Crippen molar-refractivity contribution in [2.45, 2.75) is 0 Å². The van der Waals surface area contributed by atoms with Crippen molar-refractivity contribution in [3.63, 3.8) is 0 Å². The van der Waals surface area contributed by atoms with Gasteiger partial charge in [-0.1, -0.05) is 34.8 Å². The number of nitrogens with zero attached hydrogens (tertiary/aromatic N) is 3. The molecule has 0 aliphatic heterocycles. The fourth-order valence-corrected chi connectivity index (χ4v) is 2.81. The molecule has 6 nitrogen and oxygen atoms in total. The van der Waals surface area contributed by atoms with Gasteiger partial charge in [0, 0.05) is 17.8 Å². The van der Waals surface area contributed by atoms with Gasteiger partial charge in [0.2, 0.25) is 0 Å². The molecule has 9 heteroatoms. The van der Waals surface area contributed by atoms with E-state index in [2.05, 4.69) is 14.7 Å². The summed E-state index contributed by atoms with van der Waals surface area (Å²) in [6.07, 6.45) is 3.22. The molecule has 3 rings (SSSR count). The largest absolute Gasteiger partial charge is 0.464 e. The Hall–Kier alpha value is -2.02. The maximum atomic E-state index is 11.8. The minimum Gasteiger partial charge on any atom is -0.464 e. The molecule has 0 fully saturated rings. The summed E-state index contributed by atoms with van der Waals surface area (Å²) in [5, 5.41) is 1.27. The van der Waals surface area contributed by atoms with E-state index in [1.54, 1.807) is 29.1 Å². The van der Waals surface area contributed by atoms with Crippen molar-refractivity contribution in [1.82, 2.24) is 14.5 Å². The molecule has 0 aliphatic rings.